The summed E-state index contributed by atoms with van der Waals surface area (Å²) in [5, 5.41) is 4.09. The highest BCUT2D eigenvalue weighted by atomic mass is 35.5. The molecular formula is C13H14ClN3OS. The maximum Gasteiger partial charge on any atom is 0.142 e. The minimum absolute atomic E-state index is 0.669. The van der Waals surface area contributed by atoms with Crippen LogP contribution in [0.3, 0.4) is 0 Å². The van der Waals surface area contributed by atoms with Crippen LogP contribution < -0.4 is 9.64 Å². The normalized spacial score (nSPS) is 14.3. The first-order chi connectivity index (χ1) is 9.29. The summed E-state index contributed by atoms with van der Waals surface area (Å²) in [6.07, 6.45) is 2.22. The van der Waals surface area contributed by atoms with Gasteiger partial charge in [-0.1, -0.05) is 28.2 Å². The molecular weight excluding hydrogens is 282 g/mol. The minimum Gasteiger partial charge on any atom is -0.495 e. The van der Waals surface area contributed by atoms with Crippen molar-refractivity contribution in [1.29, 1.82) is 0 Å². The highest BCUT2D eigenvalue weighted by Gasteiger charge is 2.22. The molecule has 1 aliphatic heterocycles. The van der Waals surface area contributed by atoms with Crippen molar-refractivity contribution in [3.05, 3.63) is 33.8 Å². The van der Waals surface area contributed by atoms with Crippen molar-refractivity contribution in [1.82, 2.24) is 9.59 Å². The van der Waals surface area contributed by atoms with Gasteiger partial charge in [-0.2, -0.15) is 0 Å². The number of para-hydroxylation sites is 1. The fourth-order valence-electron chi connectivity index (χ4n) is 2.50. The zero-order chi connectivity index (χ0) is 13.2. The first kappa shape index (κ1) is 12.7. The molecule has 0 spiro atoms. The van der Waals surface area contributed by atoms with Crippen LogP contribution in [0.4, 0.5) is 5.69 Å². The number of hydrogen-bond acceptors (Lipinski definition) is 5. The number of aromatic nitrogens is 2. The second-order valence-electron chi connectivity index (χ2n) is 4.49. The van der Waals surface area contributed by atoms with Gasteiger partial charge in [-0.05, 0) is 24.5 Å². The Kier molecular flexibility index (Phi) is 3.57. The Hall–Kier alpha value is -1.33. The molecule has 6 heteroatoms. The summed E-state index contributed by atoms with van der Waals surface area (Å²) in [7, 11) is 1.71. The van der Waals surface area contributed by atoms with Crippen LogP contribution in [0.5, 0.6) is 5.75 Å². The van der Waals surface area contributed by atoms with Crippen molar-refractivity contribution in [2.24, 2.45) is 0 Å². The van der Waals surface area contributed by atoms with Crippen molar-refractivity contribution in [3.63, 3.8) is 0 Å². The van der Waals surface area contributed by atoms with Gasteiger partial charge in [-0.15, -0.1) is 5.10 Å². The van der Waals surface area contributed by atoms with E-state index in [9.17, 15) is 0 Å². The molecule has 0 unspecified atom stereocenters. The van der Waals surface area contributed by atoms with E-state index >= 15 is 0 Å². The van der Waals surface area contributed by atoms with Crippen LogP contribution in [-0.4, -0.2) is 23.2 Å². The summed E-state index contributed by atoms with van der Waals surface area (Å²) in [4.78, 5) is 2.28. The number of rotatable bonds is 3. The van der Waals surface area contributed by atoms with Gasteiger partial charge in [-0.3, -0.25) is 0 Å². The number of hydrogen-bond donors (Lipinski definition) is 0. The van der Waals surface area contributed by atoms with Crippen molar-refractivity contribution in [3.8, 4) is 5.75 Å². The van der Waals surface area contributed by atoms with Gasteiger partial charge >= 0.3 is 0 Å². The van der Waals surface area contributed by atoms with E-state index in [1.165, 1.54) is 22.8 Å². The standard InChI is InChI=1S/C13H14ClN3OS/c1-18-11-6-2-4-9-5-3-7-17(12(9)11)8-10-13(14)19-16-15-10/h2,4,6H,3,5,7-8H2,1H3. The van der Waals surface area contributed by atoms with Crippen molar-refractivity contribution >= 4 is 28.8 Å². The second kappa shape index (κ2) is 5.35. The third kappa shape index (κ3) is 2.40. The molecule has 19 heavy (non-hydrogen) atoms. The molecule has 0 N–H and O–H groups in total. The molecule has 0 saturated carbocycles. The molecule has 0 aliphatic carbocycles. The van der Waals surface area contributed by atoms with Crippen LogP contribution in [0.2, 0.25) is 4.34 Å². The number of halogens is 1. The predicted molar refractivity (Wildman–Crippen MR) is 77.3 cm³/mol. The van der Waals surface area contributed by atoms with Gasteiger partial charge in [0.15, 0.2) is 0 Å². The molecule has 1 aliphatic rings. The van der Waals surface area contributed by atoms with Crippen LogP contribution in [-0.2, 0) is 13.0 Å². The zero-order valence-electron chi connectivity index (χ0n) is 10.6. The minimum atomic E-state index is 0.669. The third-order valence-electron chi connectivity index (χ3n) is 3.34. The monoisotopic (exact) mass is 295 g/mol. The molecule has 1 aromatic heterocycles. The predicted octanol–water partition coefficient (Wildman–Crippen LogP) is 3.15. The first-order valence-corrected chi connectivity index (χ1v) is 7.32. The number of methoxy groups -OCH3 is 1. The Balaban J connectivity index is 1.96. The van der Waals surface area contributed by atoms with Crippen molar-refractivity contribution in [2.75, 3.05) is 18.6 Å². The third-order valence-corrected chi connectivity index (χ3v) is 4.33. The van der Waals surface area contributed by atoms with E-state index in [1.807, 2.05) is 12.1 Å². The average Bonchev–Trinajstić information content (AvgIpc) is 2.84. The number of benzene rings is 1. The highest BCUT2D eigenvalue weighted by Crippen LogP contribution is 2.37. The van der Waals surface area contributed by atoms with Crippen LogP contribution in [0.15, 0.2) is 18.2 Å². The van der Waals surface area contributed by atoms with E-state index in [1.54, 1.807) is 7.11 Å². The lowest BCUT2D eigenvalue weighted by Crippen LogP contribution is -2.29. The average molecular weight is 296 g/mol. The Labute approximate surface area is 121 Å². The molecule has 0 amide bonds. The lowest BCUT2D eigenvalue weighted by molar-refractivity contribution is 0.412. The number of anilines is 1. The number of aryl methyl sites for hydroxylation is 1. The molecule has 0 radical (unpaired) electrons. The summed E-state index contributed by atoms with van der Waals surface area (Å²) in [6, 6.07) is 6.20. The fourth-order valence-corrected chi connectivity index (χ4v) is 3.11. The smallest absolute Gasteiger partial charge is 0.142 e. The summed E-state index contributed by atoms with van der Waals surface area (Å²) in [5.41, 5.74) is 3.33. The number of ether oxygens (including phenoxy) is 1. The van der Waals surface area contributed by atoms with E-state index in [4.69, 9.17) is 16.3 Å². The Morgan fingerprint density at radius 1 is 1.47 bits per heavy atom. The summed E-state index contributed by atoms with van der Waals surface area (Å²) in [5.74, 6) is 0.913. The molecule has 2 heterocycles. The van der Waals surface area contributed by atoms with Crippen molar-refractivity contribution in [2.45, 2.75) is 19.4 Å². The second-order valence-corrected chi connectivity index (χ2v) is 5.84. The molecule has 100 valence electrons. The van der Waals surface area contributed by atoms with E-state index in [2.05, 4.69) is 20.6 Å². The maximum absolute atomic E-state index is 6.10. The molecule has 4 nitrogen and oxygen atoms in total. The van der Waals surface area contributed by atoms with E-state index < -0.39 is 0 Å². The molecule has 0 saturated heterocycles. The van der Waals surface area contributed by atoms with E-state index in [0.29, 0.717) is 10.9 Å². The molecule has 0 fully saturated rings. The lowest BCUT2D eigenvalue weighted by atomic mass is 10.0. The van der Waals surface area contributed by atoms with Crippen LogP contribution in [0, 0.1) is 0 Å². The van der Waals surface area contributed by atoms with E-state index in [-0.39, 0.29) is 0 Å². The molecule has 2 aromatic rings. The van der Waals surface area contributed by atoms with Crippen LogP contribution in [0.25, 0.3) is 0 Å². The maximum atomic E-state index is 6.10. The molecule has 3 rings (SSSR count). The lowest BCUT2D eigenvalue weighted by Gasteiger charge is -2.32. The quantitative estimate of drug-likeness (QED) is 0.872. The van der Waals surface area contributed by atoms with Gasteiger partial charge in [0.25, 0.3) is 0 Å². The Bertz CT molecular complexity index is 573. The number of fused-ring (bicyclic) bond motifs is 1. The van der Waals surface area contributed by atoms with Crippen LogP contribution >= 0.6 is 23.1 Å². The zero-order valence-corrected chi connectivity index (χ0v) is 12.2. The van der Waals surface area contributed by atoms with E-state index in [0.717, 1.165) is 30.8 Å². The van der Waals surface area contributed by atoms with Gasteiger partial charge in [-0.25, -0.2) is 0 Å². The summed E-state index contributed by atoms with van der Waals surface area (Å²) >= 11 is 7.33. The fraction of sp³-hybridized carbons (Fsp3) is 0.385. The molecule has 0 bridgehead atoms. The largest absolute Gasteiger partial charge is 0.495 e. The highest BCUT2D eigenvalue weighted by molar-refractivity contribution is 7.10. The molecule has 1 aromatic carbocycles. The first-order valence-electron chi connectivity index (χ1n) is 6.17. The van der Waals surface area contributed by atoms with Crippen molar-refractivity contribution < 1.29 is 4.74 Å². The topological polar surface area (TPSA) is 38.2 Å². The van der Waals surface area contributed by atoms with Gasteiger partial charge in [0.2, 0.25) is 0 Å². The number of nitrogens with zero attached hydrogens (tertiary/aromatic N) is 3. The Morgan fingerprint density at radius 2 is 2.37 bits per heavy atom. The molecule has 0 atom stereocenters. The van der Waals surface area contributed by atoms with Gasteiger partial charge < -0.3 is 9.64 Å². The Morgan fingerprint density at radius 3 is 3.11 bits per heavy atom. The summed E-state index contributed by atoms with van der Waals surface area (Å²) in [6.45, 7) is 1.67. The van der Waals surface area contributed by atoms with Gasteiger partial charge in [0, 0.05) is 18.1 Å². The van der Waals surface area contributed by atoms with Gasteiger partial charge in [0.05, 0.1) is 19.3 Å². The summed E-state index contributed by atoms with van der Waals surface area (Å²) < 4.78 is 10.0. The van der Waals surface area contributed by atoms with Gasteiger partial charge in [0.1, 0.15) is 15.8 Å². The SMILES string of the molecule is COc1cccc2c1N(Cc1nnsc1Cl)CCC2. The van der Waals surface area contributed by atoms with Crippen LogP contribution in [0.1, 0.15) is 17.7 Å².